The Morgan fingerprint density at radius 2 is 2.00 bits per heavy atom. The minimum absolute atomic E-state index is 0.231. The van der Waals surface area contributed by atoms with Crippen molar-refractivity contribution < 1.29 is 8.78 Å². The van der Waals surface area contributed by atoms with Crippen LogP contribution in [0.2, 0.25) is 0 Å². The van der Waals surface area contributed by atoms with Crippen LogP contribution in [-0.4, -0.2) is 9.97 Å². The number of halogens is 2. The van der Waals surface area contributed by atoms with Gasteiger partial charge in [-0.3, -0.25) is 0 Å². The van der Waals surface area contributed by atoms with Gasteiger partial charge in [0.05, 0.1) is 0 Å². The van der Waals surface area contributed by atoms with E-state index < -0.39 is 5.92 Å². The highest BCUT2D eigenvalue weighted by atomic mass is 19.3. The molecule has 60 valence electrons. The normalized spacial score (nSPS) is 11.6. The van der Waals surface area contributed by atoms with E-state index in [1.165, 1.54) is 6.07 Å². The highest BCUT2D eigenvalue weighted by Gasteiger charge is 2.25. The molecule has 0 aliphatic heterocycles. The lowest BCUT2D eigenvalue weighted by Crippen LogP contribution is -2.10. The molecule has 0 atom stereocenters. The number of aryl methyl sites for hydroxylation is 1. The molecular formula is C7H8F2N2. The van der Waals surface area contributed by atoms with Crippen molar-refractivity contribution >= 4 is 0 Å². The minimum atomic E-state index is -2.87. The third-order valence-corrected chi connectivity index (χ3v) is 1.25. The van der Waals surface area contributed by atoms with Crippen molar-refractivity contribution in [1.82, 2.24) is 9.97 Å². The molecule has 0 N–H and O–H groups in total. The van der Waals surface area contributed by atoms with Gasteiger partial charge in [-0.1, -0.05) is 0 Å². The lowest BCUT2D eigenvalue weighted by molar-refractivity contribution is 0.0125. The van der Waals surface area contributed by atoms with Crippen molar-refractivity contribution in [2.45, 2.75) is 19.8 Å². The zero-order chi connectivity index (χ0) is 8.48. The molecule has 0 fully saturated rings. The second-order valence-corrected chi connectivity index (χ2v) is 2.43. The fourth-order valence-corrected chi connectivity index (χ4v) is 0.695. The van der Waals surface area contributed by atoms with E-state index in [-0.39, 0.29) is 5.69 Å². The minimum Gasteiger partial charge on any atom is -0.242 e. The van der Waals surface area contributed by atoms with Crippen molar-refractivity contribution in [2.75, 3.05) is 0 Å². The zero-order valence-corrected chi connectivity index (χ0v) is 6.31. The van der Waals surface area contributed by atoms with Gasteiger partial charge in [-0.2, -0.15) is 8.78 Å². The Morgan fingerprint density at radius 1 is 1.36 bits per heavy atom. The maximum absolute atomic E-state index is 12.5. The first-order chi connectivity index (χ1) is 5.00. The van der Waals surface area contributed by atoms with Crippen LogP contribution in [-0.2, 0) is 5.92 Å². The average Bonchev–Trinajstić information content (AvgIpc) is 1.86. The maximum Gasteiger partial charge on any atom is 0.287 e. The lowest BCUT2D eigenvalue weighted by atomic mass is 10.2. The number of hydrogen-bond acceptors (Lipinski definition) is 2. The van der Waals surface area contributed by atoms with Gasteiger partial charge in [0.15, 0.2) is 0 Å². The quantitative estimate of drug-likeness (QED) is 0.623. The van der Waals surface area contributed by atoms with Crippen LogP contribution in [0.3, 0.4) is 0 Å². The second kappa shape index (κ2) is 2.53. The van der Waals surface area contributed by atoms with Crippen LogP contribution >= 0.6 is 0 Å². The molecule has 4 heteroatoms. The highest BCUT2D eigenvalue weighted by molar-refractivity contribution is 5.10. The van der Waals surface area contributed by atoms with Gasteiger partial charge in [0, 0.05) is 12.6 Å². The molecule has 1 aromatic rings. The number of hydrogen-bond donors (Lipinski definition) is 0. The van der Waals surface area contributed by atoms with E-state index in [1.54, 1.807) is 6.92 Å². The van der Waals surface area contributed by atoms with Crippen LogP contribution < -0.4 is 0 Å². The Labute approximate surface area is 63.3 Å². The third kappa shape index (κ3) is 1.93. The van der Waals surface area contributed by atoms with Crippen molar-refractivity contribution in [2.24, 2.45) is 0 Å². The fourth-order valence-electron chi connectivity index (χ4n) is 0.695. The molecule has 0 unspecified atom stereocenters. The molecule has 0 bridgehead atoms. The Hall–Kier alpha value is -1.06. The molecule has 0 saturated heterocycles. The van der Waals surface area contributed by atoms with Gasteiger partial charge in [0.1, 0.15) is 12.0 Å². The summed E-state index contributed by atoms with van der Waals surface area (Å²) in [6, 6.07) is 1.28. The van der Waals surface area contributed by atoms with E-state index in [0.717, 1.165) is 13.3 Å². The van der Waals surface area contributed by atoms with Gasteiger partial charge in [-0.05, 0) is 13.0 Å². The van der Waals surface area contributed by atoms with Crippen molar-refractivity contribution in [3.8, 4) is 0 Å². The molecule has 0 radical (unpaired) electrons. The Kier molecular flexibility index (Phi) is 1.85. The number of rotatable bonds is 1. The summed E-state index contributed by atoms with van der Waals surface area (Å²) in [6.07, 6.45) is 1.14. The molecule has 1 heterocycles. The molecule has 1 aromatic heterocycles. The van der Waals surface area contributed by atoms with Crippen LogP contribution in [0.5, 0.6) is 0 Å². The number of alkyl halides is 2. The van der Waals surface area contributed by atoms with Crippen LogP contribution in [0, 0.1) is 6.92 Å². The topological polar surface area (TPSA) is 25.8 Å². The first kappa shape index (κ1) is 8.04. The van der Waals surface area contributed by atoms with Gasteiger partial charge >= 0.3 is 0 Å². The molecule has 0 aliphatic rings. The zero-order valence-electron chi connectivity index (χ0n) is 6.31. The predicted octanol–water partition coefficient (Wildman–Crippen LogP) is 1.90. The Morgan fingerprint density at radius 3 is 2.36 bits per heavy atom. The summed E-state index contributed by atoms with van der Waals surface area (Å²) in [5.74, 6) is -2.87. The molecule has 0 aromatic carbocycles. The van der Waals surface area contributed by atoms with E-state index in [1.807, 2.05) is 0 Å². The summed E-state index contributed by atoms with van der Waals surface area (Å²) < 4.78 is 25.1. The molecule has 0 aliphatic carbocycles. The average molecular weight is 158 g/mol. The molecule has 0 spiro atoms. The lowest BCUT2D eigenvalue weighted by Gasteiger charge is -2.08. The molecule has 1 rings (SSSR count). The monoisotopic (exact) mass is 158 g/mol. The van der Waals surface area contributed by atoms with E-state index in [2.05, 4.69) is 9.97 Å². The standard InChI is InChI=1S/C7H8F2N2/c1-5-3-6(7(2,8)9)11-4-10-5/h3-4H,1-2H3. The SMILES string of the molecule is Cc1cc(C(C)(F)F)ncn1. The first-order valence-corrected chi connectivity index (χ1v) is 3.17. The van der Waals surface area contributed by atoms with Crippen LogP contribution in [0.1, 0.15) is 18.3 Å². The smallest absolute Gasteiger partial charge is 0.242 e. The van der Waals surface area contributed by atoms with Crippen molar-refractivity contribution in [3.63, 3.8) is 0 Å². The summed E-state index contributed by atoms with van der Waals surface area (Å²) in [6.45, 7) is 2.46. The largest absolute Gasteiger partial charge is 0.287 e. The summed E-state index contributed by atoms with van der Waals surface area (Å²) in [5, 5.41) is 0. The number of nitrogens with zero attached hydrogens (tertiary/aromatic N) is 2. The van der Waals surface area contributed by atoms with Gasteiger partial charge in [-0.25, -0.2) is 9.97 Å². The van der Waals surface area contributed by atoms with Crippen LogP contribution in [0.25, 0.3) is 0 Å². The summed E-state index contributed by atoms with van der Waals surface area (Å²) in [7, 11) is 0. The molecule has 2 nitrogen and oxygen atoms in total. The molecule has 0 saturated carbocycles. The summed E-state index contributed by atoms with van der Waals surface area (Å²) in [5.41, 5.74) is 0.321. The van der Waals surface area contributed by atoms with Gasteiger partial charge in [0.25, 0.3) is 5.92 Å². The third-order valence-electron chi connectivity index (χ3n) is 1.25. The van der Waals surface area contributed by atoms with Crippen LogP contribution in [0.15, 0.2) is 12.4 Å². The van der Waals surface area contributed by atoms with Gasteiger partial charge < -0.3 is 0 Å². The van der Waals surface area contributed by atoms with Crippen molar-refractivity contribution in [1.29, 1.82) is 0 Å². The fraction of sp³-hybridized carbons (Fsp3) is 0.429. The summed E-state index contributed by atoms with van der Waals surface area (Å²) >= 11 is 0. The Balaban J connectivity index is 3.06. The predicted molar refractivity (Wildman–Crippen MR) is 36.3 cm³/mol. The Bertz CT molecular complexity index is 255. The first-order valence-electron chi connectivity index (χ1n) is 3.17. The van der Waals surface area contributed by atoms with Gasteiger partial charge in [-0.15, -0.1) is 0 Å². The van der Waals surface area contributed by atoms with Crippen molar-refractivity contribution in [3.05, 3.63) is 23.8 Å². The number of aromatic nitrogens is 2. The van der Waals surface area contributed by atoms with E-state index >= 15 is 0 Å². The second-order valence-electron chi connectivity index (χ2n) is 2.43. The van der Waals surface area contributed by atoms with E-state index in [0.29, 0.717) is 5.69 Å². The van der Waals surface area contributed by atoms with E-state index in [9.17, 15) is 8.78 Å². The maximum atomic E-state index is 12.5. The highest BCUT2D eigenvalue weighted by Crippen LogP contribution is 2.24. The summed E-state index contributed by atoms with van der Waals surface area (Å²) in [4.78, 5) is 7.16. The molecular weight excluding hydrogens is 150 g/mol. The van der Waals surface area contributed by atoms with Crippen LogP contribution in [0.4, 0.5) is 8.78 Å². The van der Waals surface area contributed by atoms with E-state index in [4.69, 9.17) is 0 Å². The molecule has 0 amide bonds. The van der Waals surface area contributed by atoms with Gasteiger partial charge in [0.2, 0.25) is 0 Å². The molecule has 11 heavy (non-hydrogen) atoms.